The zero-order chi connectivity index (χ0) is 23.4. The lowest BCUT2D eigenvalue weighted by Crippen LogP contribution is -2.27. The van der Waals surface area contributed by atoms with Gasteiger partial charge in [-0.2, -0.15) is 0 Å². The molecule has 2 N–H and O–H groups in total. The predicted octanol–water partition coefficient (Wildman–Crippen LogP) is 3.32. The molecule has 168 valence electrons. The molecule has 0 radical (unpaired) electrons. The SMILES string of the molecule is CCOC(=O)c1sc2nc(COC(=O)c3ccccc3N(C)C(=O)OC)nc(N)c2c1C. The first kappa shape index (κ1) is 22.9. The molecule has 0 saturated carbocycles. The van der Waals surface area contributed by atoms with E-state index in [2.05, 4.69) is 9.97 Å². The predicted molar refractivity (Wildman–Crippen MR) is 119 cm³/mol. The number of benzene rings is 1. The van der Waals surface area contributed by atoms with Crippen molar-refractivity contribution in [1.82, 2.24) is 9.97 Å². The number of carbonyl (C=O) groups is 3. The van der Waals surface area contributed by atoms with E-state index in [0.29, 0.717) is 26.3 Å². The number of ether oxygens (including phenoxy) is 3. The summed E-state index contributed by atoms with van der Waals surface area (Å²) in [4.78, 5) is 47.3. The molecule has 3 rings (SSSR count). The fraction of sp³-hybridized carbons (Fsp3) is 0.286. The molecule has 10 nitrogen and oxygen atoms in total. The summed E-state index contributed by atoms with van der Waals surface area (Å²) in [6.07, 6.45) is -0.628. The lowest BCUT2D eigenvalue weighted by Gasteiger charge is -2.18. The number of para-hydroxylation sites is 1. The number of thiophene rings is 1. The van der Waals surface area contributed by atoms with Gasteiger partial charge in [0.2, 0.25) is 0 Å². The zero-order valence-corrected chi connectivity index (χ0v) is 18.8. The molecule has 0 bridgehead atoms. The van der Waals surface area contributed by atoms with Crippen molar-refractivity contribution in [3.05, 3.63) is 46.1 Å². The zero-order valence-electron chi connectivity index (χ0n) is 18.0. The van der Waals surface area contributed by atoms with Crippen LogP contribution in [0.25, 0.3) is 10.2 Å². The van der Waals surface area contributed by atoms with Crippen LogP contribution in [0.15, 0.2) is 24.3 Å². The molecule has 0 unspecified atom stereocenters. The number of rotatable bonds is 6. The van der Waals surface area contributed by atoms with Crippen LogP contribution in [0.3, 0.4) is 0 Å². The number of methoxy groups -OCH3 is 1. The molecule has 0 aliphatic heterocycles. The number of nitrogens with two attached hydrogens (primary N) is 1. The van der Waals surface area contributed by atoms with E-state index in [1.807, 2.05) is 0 Å². The van der Waals surface area contributed by atoms with Crippen molar-refractivity contribution in [1.29, 1.82) is 0 Å². The van der Waals surface area contributed by atoms with Crippen LogP contribution in [0.1, 0.15) is 38.3 Å². The number of carbonyl (C=O) groups excluding carboxylic acids is 3. The highest BCUT2D eigenvalue weighted by molar-refractivity contribution is 7.20. The summed E-state index contributed by atoms with van der Waals surface area (Å²) < 4.78 is 15.1. The van der Waals surface area contributed by atoms with E-state index in [4.69, 9.17) is 19.9 Å². The minimum absolute atomic E-state index is 0.172. The molecule has 2 heterocycles. The maximum Gasteiger partial charge on any atom is 0.413 e. The fourth-order valence-electron chi connectivity index (χ4n) is 3.05. The molecule has 32 heavy (non-hydrogen) atoms. The lowest BCUT2D eigenvalue weighted by atomic mass is 10.1. The number of aromatic nitrogens is 2. The van der Waals surface area contributed by atoms with Crippen molar-refractivity contribution in [2.24, 2.45) is 0 Å². The second-order valence-electron chi connectivity index (χ2n) is 6.60. The Morgan fingerprint density at radius 3 is 2.53 bits per heavy atom. The van der Waals surface area contributed by atoms with Crippen LogP contribution in [-0.2, 0) is 20.8 Å². The summed E-state index contributed by atoms with van der Waals surface area (Å²) in [6.45, 7) is 3.48. The van der Waals surface area contributed by atoms with E-state index in [1.165, 1.54) is 25.1 Å². The highest BCUT2D eigenvalue weighted by Crippen LogP contribution is 2.33. The molecular formula is C21H22N4O6S. The molecule has 0 aliphatic carbocycles. The highest BCUT2D eigenvalue weighted by atomic mass is 32.1. The third kappa shape index (κ3) is 4.47. The Morgan fingerprint density at radius 1 is 1.12 bits per heavy atom. The molecule has 3 aromatic rings. The second kappa shape index (κ2) is 9.60. The Bertz CT molecular complexity index is 1190. The number of esters is 2. The van der Waals surface area contributed by atoms with E-state index in [-0.39, 0.29) is 30.4 Å². The van der Waals surface area contributed by atoms with Crippen molar-refractivity contribution in [2.75, 3.05) is 31.4 Å². The first-order valence-corrected chi connectivity index (χ1v) is 10.4. The topological polar surface area (TPSA) is 134 Å². The van der Waals surface area contributed by atoms with Crippen LogP contribution in [0.4, 0.5) is 16.3 Å². The average Bonchev–Trinajstić information content (AvgIpc) is 3.13. The van der Waals surface area contributed by atoms with Gasteiger partial charge in [0.25, 0.3) is 0 Å². The smallest absolute Gasteiger partial charge is 0.413 e. The molecule has 0 atom stereocenters. The first-order valence-electron chi connectivity index (χ1n) is 9.58. The number of hydrogen-bond acceptors (Lipinski definition) is 10. The molecule has 0 aliphatic rings. The molecule has 1 aromatic carbocycles. The number of amides is 1. The van der Waals surface area contributed by atoms with Crippen LogP contribution in [0.2, 0.25) is 0 Å². The largest absolute Gasteiger partial charge is 0.462 e. The Morgan fingerprint density at radius 2 is 1.84 bits per heavy atom. The summed E-state index contributed by atoms with van der Waals surface area (Å²) in [5.41, 5.74) is 7.22. The van der Waals surface area contributed by atoms with Crippen LogP contribution in [-0.4, -0.2) is 48.8 Å². The standard InChI is InChI=1S/C21H22N4O6S/c1-5-30-20(27)16-11(2)15-17(22)23-14(24-18(15)32-16)10-31-19(26)12-8-6-7-9-13(12)25(3)21(28)29-4/h6-9H,5,10H2,1-4H3,(H2,22,23,24). The lowest BCUT2D eigenvalue weighted by molar-refractivity contribution is 0.0462. The summed E-state index contributed by atoms with van der Waals surface area (Å²) in [7, 11) is 2.73. The van der Waals surface area contributed by atoms with Gasteiger partial charge in [0, 0.05) is 7.05 Å². The number of aryl methyl sites for hydroxylation is 1. The van der Waals surface area contributed by atoms with Crippen molar-refractivity contribution in [2.45, 2.75) is 20.5 Å². The monoisotopic (exact) mass is 458 g/mol. The van der Waals surface area contributed by atoms with Gasteiger partial charge in [0.15, 0.2) is 12.4 Å². The van der Waals surface area contributed by atoms with E-state index in [9.17, 15) is 14.4 Å². The number of nitrogens with zero attached hydrogens (tertiary/aromatic N) is 3. The Kier molecular flexibility index (Phi) is 6.89. The van der Waals surface area contributed by atoms with Crippen molar-refractivity contribution >= 4 is 51.1 Å². The quantitative estimate of drug-likeness (QED) is 0.436. The van der Waals surface area contributed by atoms with Gasteiger partial charge in [-0.25, -0.2) is 24.4 Å². The summed E-state index contributed by atoms with van der Waals surface area (Å²) >= 11 is 1.14. The molecule has 11 heteroatoms. The van der Waals surface area contributed by atoms with Gasteiger partial charge >= 0.3 is 18.0 Å². The van der Waals surface area contributed by atoms with Gasteiger partial charge < -0.3 is 19.9 Å². The molecule has 2 aromatic heterocycles. The Labute approximate surface area is 187 Å². The Hall–Kier alpha value is -3.73. The molecule has 0 saturated heterocycles. The number of nitrogen functional groups attached to an aromatic ring is 1. The average molecular weight is 458 g/mol. The first-order chi connectivity index (χ1) is 15.3. The Balaban J connectivity index is 1.83. The number of hydrogen-bond donors (Lipinski definition) is 1. The van der Waals surface area contributed by atoms with E-state index < -0.39 is 18.0 Å². The molecule has 0 spiro atoms. The van der Waals surface area contributed by atoms with E-state index in [1.54, 1.807) is 32.0 Å². The summed E-state index contributed by atoms with van der Waals surface area (Å²) in [5, 5.41) is 0.568. The van der Waals surface area contributed by atoms with Crippen molar-refractivity contribution in [3.8, 4) is 0 Å². The van der Waals surface area contributed by atoms with E-state index >= 15 is 0 Å². The summed E-state index contributed by atoms with van der Waals surface area (Å²) in [6, 6.07) is 6.46. The fourth-order valence-corrected chi connectivity index (χ4v) is 4.16. The van der Waals surface area contributed by atoms with E-state index in [0.717, 1.165) is 11.3 Å². The maximum atomic E-state index is 12.7. The third-order valence-corrected chi connectivity index (χ3v) is 5.76. The molecular weight excluding hydrogens is 436 g/mol. The molecule has 1 amide bonds. The number of fused-ring (bicyclic) bond motifs is 1. The molecule has 0 fully saturated rings. The van der Waals surface area contributed by atoms with Crippen LogP contribution < -0.4 is 10.6 Å². The minimum Gasteiger partial charge on any atom is -0.462 e. The maximum absolute atomic E-state index is 12.7. The van der Waals surface area contributed by atoms with Crippen molar-refractivity contribution in [3.63, 3.8) is 0 Å². The van der Waals surface area contributed by atoms with Crippen LogP contribution >= 0.6 is 11.3 Å². The van der Waals surface area contributed by atoms with Gasteiger partial charge in [-0.05, 0) is 31.5 Å². The normalized spacial score (nSPS) is 10.6. The van der Waals surface area contributed by atoms with Gasteiger partial charge in [-0.15, -0.1) is 11.3 Å². The highest BCUT2D eigenvalue weighted by Gasteiger charge is 2.22. The number of anilines is 2. The van der Waals surface area contributed by atoms with Crippen LogP contribution in [0.5, 0.6) is 0 Å². The van der Waals surface area contributed by atoms with Gasteiger partial charge in [0.05, 0.1) is 30.4 Å². The van der Waals surface area contributed by atoms with Gasteiger partial charge in [-0.3, -0.25) is 4.90 Å². The third-order valence-electron chi connectivity index (χ3n) is 4.59. The van der Waals surface area contributed by atoms with Gasteiger partial charge in [0.1, 0.15) is 15.5 Å². The minimum atomic E-state index is -0.673. The van der Waals surface area contributed by atoms with Gasteiger partial charge in [-0.1, -0.05) is 12.1 Å². The second-order valence-corrected chi connectivity index (χ2v) is 7.60. The van der Waals surface area contributed by atoms with Crippen LogP contribution in [0, 0.1) is 6.92 Å². The van der Waals surface area contributed by atoms with Crippen molar-refractivity contribution < 1.29 is 28.6 Å². The summed E-state index contributed by atoms with van der Waals surface area (Å²) in [5.74, 6) is -0.769.